The molecule has 0 bridgehead atoms. The standard InChI is InChI=1S/C9H14N4O2/c1-4-12(5-2)9-10-7(3)6-8(11-9)13(14)15/h6H,4-5H2,1-3H3. The Morgan fingerprint density at radius 2 is 2.00 bits per heavy atom. The van der Waals surface area contributed by atoms with Crippen LogP contribution in [0, 0.1) is 17.0 Å². The van der Waals surface area contributed by atoms with E-state index in [1.54, 1.807) is 6.92 Å². The van der Waals surface area contributed by atoms with E-state index >= 15 is 0 Å². The second-order valence-electron chi connectivity index (χ2n) is 3.10. The van der Waals surface area contributed by atoms with Crippen molar-refractivity contribution < 1.29 is 4.92 Å². The molecule has 0 aliphatic heterocycles. The monoisotopic (exact) mass is 210 g/mol. The number of hydrogen-bond acceptors (Lipinski definition) is 5. The zero-order valence-electron chi connectivity index (χ0n) is 9.10. The van der Waals surface area contributed by atoms with E-state index in [0.29, 0.717) is 11.6 Å². The molecule has 82 valence electrons. The third-order valence-electron chi connectivity index (χ3n) is 2.06. The normalized spacial score (nSPS) is 10.1. The third-order valence-corrected chi connectivity index (χ3v) is 2.06. The van der Waals surface area contributed by atoms with Gasteiger partial charge in [-0.3, -0.25) is 0 Å². The highest BCUT2D eigenvalue weighted by atomic mass is 16.6. The minimum atomic E-state index is -0.498. The Labute approximate surface area is 88.1 Å². The van der Waals surface area contributed by atoms with Gasteiger partial charge in [0.2, 0.25) is 0 Å². The molecule has 1 rings (SSSR count). The average molecular weight is 210 g/mol. The molecule has 0 spiro atoms. The van der Waals surface area contributed by atoms with Gasteiger partial charge in [-0.25, -0.2) is 0 Å². The Balaban J connectivity index is 3.13. The van der Waals surface area contributed by atoms with Gasteiger partial charge in [0, 0.05) is 18.1 Å². The van der Waals surface area contributed by atoms with E-state index in [4.69, 9.17) is 0 Å². The number of nitro groups is 1. The van der Waals surface area contributed by atoms with Gasteiger partial charge < -0.3 is 15.0 Å². The van der Waals surface area contributed by atoms with Gasteiger partial charge >= 0.3 is 11.8 Å². The Hall–Kier alpha value is -1.72. The summed E-state index contributed by atoms with van der Waals surface area (Å²) in [6, 6.07) is 1.37. The lowest BCUT2D eigenvalue weighted by atomic mass is 10.4. The molecule has 0 fully saturated rings. The summed E-state index contributed by atoms with van der Waals surface area (Å²) >= 11 is 0. The topological polar surface area (TPSA) is 72.2 Å². The van der Waals surface area contributed by atoms with Crippen LogP contribution in [-0.2, 0) is 0 Å². The van der Waals surface area contributed by atoms with Crippen LogP contribution in [0.15, 0.2) is 6.07 Å². The van der Waals surface area contributed by atoms with Gasteiger partial charge in [-0.05, 0) is 25.7 Å². The van der Waals surface area contributed by atoms with Crippen LogP contribution in [0.4, 0.5) is 11.8 Å². The van der Waals surface area contributed by atoms with Gasteiger partial charge in [0.15, 0.2) is 0 Å². The van der Waals surface area contributed by atoms with Crippen molar-refractivity contribution >= 4 is 11.8 Å². The highest BCUT2D eigenvalue weighted by Gasteiger charge is 2.16. The molecule has 0 N–H and O–H groups in total. The van der Waals surface area contributed by atoms with Gasteiger partial charge in [-0.2, -0.15) is 4.98 Å². The Kier molecular flexibility index (Phi) is 3.54. The molecule has 0 unspecified atom stereocenters. The van der Waals surface area contributed by atoms with E-state index in [2.05, 4.69) is 9.97 Å². The molecule has 1 aromatic rings. The molecule has 0 aromatic carbocycles. The highest BCUT2D eigenvalue weighted by Crippen LogP contribution is 2.14. The second kappa shape index (κ2) is 4.68. The molecule has 0 atom stereocenters. The van der Waals surface area contributed by atoms with Gasteiger partial charge in [0.1, 0.15) is 0 Å². The SMILES string of the molecule is CCN(CC)c1nc(C)cc([N+](=O)[O-])n1. The smallest absolute Gasteiger partial charge is 0.358 e. The molecular formula is C9H14N4O2. The number of anilines is 1. The van der Waals surface area contributed by atoms with Crippen LogP contribution >= 0.6 is 0 Å². The van der Waals surface area contributed by atoms with Gasteiger partial charge in [-0.15, -0.1) is 0 Å². The van der Waals surface area contributed by atoms with Crippen LogP contribution in [0.25, 0.3) is 0 Å². The first-order valence-electron chi connectivity index (χ1n) is 4.83. The minimum absolute atomic E-state index is 0.149. The summed E-state index contributed by atoms with van der Waals surface area (Å²) in [6.45, 7) is 7.11. The lowest BCUT2D eigenvalue weighted by molar-refractivity contribution is -0.389. The van der Waals surface area contributed by atoms with Crippen LogP contribution in [0.5, 0.6) is 0 Å². The van der Waals surface area contributed by atoms with Crippen molar-refractivity contribution in [1.29, 1.82) is 0 Å². The van der Waals surface area contributed by atoms with Crippen molar-refractivity contribution in [2.24, 2.45) is 0 Å². The minimum Gasteiger partial charge on any atom is -0.358 e. The fourth-order valence-corrected chi connectivity index (χ4v) is 1.28. The summed E-state index contributed by atoms with van der Waals surface area (Å²) in [5, 5.41) is 10.6. The molecule has 0 saturated carbocycles. The molecule has 0 radical (unpaired) electrons. The third kappa shape index (κ3) is 2.61. The molecule has 6 nitrogen and oxygen atoms in total. The fraction of sp³-hybridized carbons (Fsp3) is 0.556. The van der Waals surface area contributed by atoms with Crippen LogP contribution in [0.3, 0.4) is 0 Å². The van der Waals surface area contributed by atoms with Crippen LogP contribution in [0.1, 0.15) is 19.5 Å². The average Bonchev–Trinajstić information content (AvgIpc) is 2.18. The quantitative estimate of drug-likeness (QED) is 0.556. The van der Waals surface area contributed by atoms with Crippen molar-refractivity contribution in [3.05, 3.63) is 21.9 Å². The number of aryl methyl sites for hydroxylation is 1. The Morgan fingerprint density at radius 3 is 2.47 bits per heavy atom. The molecule has 1 heterocycles. The molecular weight excluding hydrogens is 196 g/mol. The Bertz CT molecular complexity index is 363. The molecule has 0 saturated heterocycles. The summed E-state index contributed by atoms with van der Waals surface area (Å²) in [6.07, 6.45) is 0. The number of hydrogen-bond donors (Lipinski definition) is 0. The molecule has 0 aliphatic rings. The highest BCUT2D eigenvalue weighted by molar-refractivity contribution is 5.36. The summed E-state index contributed by atoms with van der Waals surface area (Å²) in [5.41, 5.74) is 0.610. The second-order valence-corrected chi connectivity index (χ2v) is 3.10. The van der Waals surface area contributed by atoms with E-state index in [1.165, 1.54) is 6.07 Å². The maximum Gasteiger partial charge on any atom is 0.369 e. The van der Waals surface area contributed by atoms with Crippen molar-refractivity contribution in [2.75, 3.05) is 18.0 Å². The van der Waals surface area contributed by atoms with Gasteiger partial charge in [0.25, 0.3) is 0 Å². The number of nitrogens with zero attached hydrogens (tertiary/aromatic N) is 4. The predicted octanol–water partition coefficient (Wildman–Crippen LogP) is 1.54. The van der Waals surface area contributed by atoms with Crippen molar-refractivity contribution in [3.8, 4) is 0 Å². The van der Waals surface area contributed by atoms with Crippen LogP contribution in [-0.4, -0.2) is 28.0 Å². The van der Waals surface area contributed by atoms with Crippen molar-refractivity contribution in [3.63, 3.8) is 0 Å². The molecule has 1 aromatic heterocycles. The van der Waals surface area contributed by atoms with Crippen LogP contribution < -0.4 is 4.90 Å². The maximum atomic E-state index is 10.6. The largest absolute Gasteiger partial charge is 0.369 e. The Morgan fingerprint density at radius 1 is 1.40 bits per heavy atom. The van der Waals surface area contributed by atoms with Crippen molar-refractivity contribution in [2.45, 2.75) is 20.8 Å². The molecule has 15 heavy (non-hydrogen) atoms. The van der Waals surface area contributed by atoms with E-state index in [9.17, 15) is 10.1 Å². The lowest BCUT2D eigenvalue weighted by Crippen LogP contribution is -2.24. The van der Waals surface area contributed by atoms with Gasteiger partial charge in [0.05, 0.1) is 11.8 Å². The van der Waals surface area contributed by atoms with Gasteiger partial charge in [-0.1, -0.05) is 0 Å². The number of rotatable bonds is 4. The van der Waals surface area contributed by atoms with E-state index < -0.39 is 4.92 Å². The zero-order valence-corrected chi connectivity index (χ0v) is 9.10. The summed E-state index contributed by atoms with van der Waals surface area (Å²) in [4.78, 5) is 20.0. The maximum absolute atomic E-state index is 10.6. The van der Waals surface area contributed by atoms with E-state index in [0.717, 1.165) is 13.1 Å². The molecule has 0 aliphatic carbocycles. The van der Waals surface area contributed by atoms with E-state index in [1.807, 2.05) is 18.7 Å². The molecule has 0 amide bonds. The first-order chi connectivity index (χ1) is 7.08. The lowest BCUT2D eigenvalue weighted by Gasteiger charge is -2.14. The summed E-state index contributed by atoms with van der Waals surface area (Å²) in [7, 11) is 0. The zero-order chi connectivity index (χ0) is 11.4. The van der Waals surface area contributed by atoms with E-state index in [-0.39, 0.29) is 5.82 Å². The molecule has 6 heteroatoms. The first kappa shape index (κ1) is 11.4. The number of aromatic nitrogens is 2. The summed E-state index contributed by atoms with van der Waals surface area (Å²) in [5.74, 6) is 0.274. The summed E-state index contributed by atoms with van der Waals surface area (Å²) < 4.78 is 0. The van der Waals surface area contributed by atoms with Crippen molar-refractivity contribution in [1.82, 2.24) is 9.97 Å². The first-order valence-corrected chi connectivity index (χ1v) is 4.83. The van der Waals surface area contributed by atoms with Crippen LogP contribution in [0.2, 0.25) is 0 Å². The fourth-order valence-electron chi connectivity index (χ4n) is 1.28. The predicted molar refractivity (Wildman–Crippen MR) is 57.0 cm³/mol.